The minimum Gasteiger partial charge on any atom is -0.467 e. The molecule has 1 aliphatic carbocycles. The average Bonchev–Trinajstić information content (AvgIpc) is 2.45. The molecule has 0 aliphatic heterocycles. The topological polar surface area (TPSA) is 46.5 Å². The molecular weight excluding hydrogens is 264 g/mol. The number of benzene rings is 1. The highest BCUT2D eigenvalue weighted by Crippen LogP contribution is 2.48. The molecule has 3 nitrogen and oxygen atoms in total. The summed E-state index contributed by atoms with van der Waals surface area (Å²) in [6.45, 7) is 8.18. The molecule has 1 aromatic carbocycles. The first-order chi connectivity index (χ1) is 9.75. The maximum absolute atomic E-state index is 12.3. The summed E-state index contributed by atoms with van der Waals surface area (Å²) in [6, 6.07) is 8.15. The van der Waals surface area contributed by atoms with Crippen molar-refractivity contribution < 1.29 is 14.6 Å². The zero-order valence-electron chi connectivity index (χ0n) is 13.6. The van der Waals surface area contributed by atoms with Crippen molar-refractivity contribution in [2.24, 2.45) is 5.92 Å². The molecule has 0 aromatic heterocycles. The fraction of sp³-hybridized carbons (Fsp3) is 0.611. The van der Waals surface area contributed by atoms with Crippen LogP contribution < -0.4 is 0 Å². The minimum atomic E-state index is -1.47. The number of esters is 1. The van der Waals surface area contributed by atoms with Gasteiger partial charge in [0.05, 0.1) is 7.11 Å². The van der Waals surface area contributed by atoms with Crippen molar-refractivity contribution in [3.63, 3.8) is 0 Å². The van der Waals surface area contributed by atoms with Crippen LogP contribution in [0.4, 0.5) is 0 Å². The molecule has 1 N–H and O–H groups in total. The van der Waals surface area contributed by atoms with Crippen molar-refractivity contribution in [3.05, 3.63) is 35.4 Å². The van der Waals surface area contributed by atoms with Gasteiger partial charge in [-0.2, -0.15) is 0 Å². The lowest BCUT2D eigenvalue weighted by molar-refractivity contribution is -0.171. The third-order valence-electron chi connectivity index (χ3n) is 5.05. The number of hydrogen-bond donors (Lipinski definition) is 1. The fourth-order valence-electron chi connectivity index (χ4n) is 3.61. The zero-order chi connectivity index (χ0) is 15.8. The Labute approximate surface area is 127 Å². The third-order valence-corrected chi connectivity index (χ3v) is 5.05. The molecule has 0 radical (unpaired) electrons. The Morgan fingerprint density at radius 1 is 1.38 bits per heavy atom. The van der Waals surface area contributed by atoms with Crippen LogP contribution in [0.15, 0.2) is 24.3 Å². The molecule has 2 unspecified atom stereocenters. The first kappa shape index (κ1) is 16.0. The Morgan fingerprint density at radius 2 is 2.00 bits per heavy atom. The summed E-state index contributed by atoms with van der Waals surface area (Å²) in [7, 11) is 1.34. The summed E-state index contributed by atoms with van der Waals surface area (Å²) in [6.07, 6.45) is 1.73. The van der Waals surface area contributed by atoms with Crippen LogP contribution in [0, 0.1) is 5.92 Å². The van der Waals surface area contributed by atoms with E-state index in [-0.39, 0.29) is 17.3 Å². The third kappa shape index (κ3) is 2.48. The van der Waals surface area contributed by atoms with Crippen molar-refractivity contribution in [3.8, 4) is 0 Å². The number of aliphatic hydroxyl groups is 1. The molecule has 0 heterocycles. The van der Waals surface area contributed by atoms with Gasteiger partial charge < -0.3 is 9.84 Å². The van der Waals surface area contributed by atoms with E-state index in [9.17, 15) is 9.90 Å². The van der Waals surface area contributed by atoms with Gasteiger partial charge >= 0.3 is 5.97 Å². The maximum Gasteiger partial charge on any atom is 0.338 e. The number of rotatable bonds is 3. The van der Waals surface area contributed by atoms with Crippen LogP contribution in [0.1, 0.15) is 57.6 Å². The van der Waals surface area contributed by atoms with Crippen LogP contribution in [-0.4, -0.2) is 23.8 Å². The van der Waals surface area contributed by atoms with Crippen molar-refractivity contribution in [1.82, 2.24) is 0 Å². The summed E-state index contributed by atoms with van der Waals surface area (Å²) in [5.41, 5.74) is 0.905. The number of hydrogen-bond acceptors (Lipinski definition) is 3. The first-order valence-electron chi connectivity index (χ1n) is 7.65. The highest BCUT2D eigenvalue weighted by atomic mass is 16.5. The van der Waals surface area contributed by atoms with E-state index in [1.807, 2.05) is 32.0 Å². The van der Waals surface area contributed by atoms with E-state index in [1.54, 1.807) is 0 Å². The van der Waals surface area contributed by atoms with E-state index >= 15 is 0 Å². The van der Waals surface area contributed by atoms with E-state index in [0.29, 0.717) is 0 Å². The molecule has 21 heavy (non-hydrogen) atoms. The minimum absolute atomic E-state index is 0.0705. The highest BCUT2D eigenvalue weighted by molar-refractivity contribution is 5.81. The van der Waals surface area contributed by atoms with Crippen LogP contribution in [0.5, 0.6) is 0 Å². The maximum atomic E-state index is 12.3. The summed E-state index contributed by atoms with van der Waals surface area (Å²) in [5, 5.41) is 11.1. The summed E-state index contributed by atoms with van der Waals surface area (Å²) in [4.78, 5) is 12.3. The molecule has 1 aliphatic rings. The van der Waals surface area contributed by atoms with Crippen LogP contribution >= 0.6 is 0 Å². The van der Waals surface area contributed by atoms with Crippen molar-refractivity contribution in [2.75, 3.05) is 7.11 Å². The SMILES string of the molecule is COC(=O)C(O)(C(C)C)C1CCC(C)(C)c2ccccc21. The van der Waals surface area contributed by atoms with Crippen molar-refractivity contribution >= 4 is 5.97 Å². The summed E-state index contributed by atoms with van der Waals surface area (Å²) >= 11 is 0. The lowest BCUT2D eigenvalue weighted by Gasteiger charge is -2.44. The van der Waals surface area contributed by atoms with Crippen molar-refractivity contribution in [1.29, 1.82) is 0 Å². The molecule has 0 bridgehead atoms. The van der Waals surface area contributed by atoms with E-state index in [0.717, 1.165) is 18.4 Å². The largest absolute Gasteiger partial charge is 0.467 e. The second kappa shape index (κ2) is 5.45. The lowest BCUT2D eigenvalue weighted by Crippen LogP contribution is -2.51. The second-order valence-corrected chi connectivity index (χ2v) is 7.03. The smallest absolute Gasteiger partial charge is 0.338 e. The van der Waals surface area contributed by atoms with E-state index in [4.69, 9.17) is 4.74 Å². The molecule has 3 heteroatoms. The Balaban J connectivity index is 2.57. The van der Waals surface area contributed by atoms with Gasteiger partial charge in [-0.25, -0.2) is 4.79 Å². The Bertz CT molecular complexity index is 533. The van der Waals surface area contributed by atoms with Gasteiger partial charge in [-0.1, -0.05) is 52.0 Å². The Morgan fingerprint density at radius 3 is 2.57 bits per heavy atom. The number of ether oxygens (including phenoxy) is 1. The van der Waals surface area contributed by atoms with E-state index < -0.39 is 11.6 Å². The van der Waals surface area contributed by atoms with Crippen LogP contribution in [0.2, 0.25) is 0 Å². The number of fused-ring (bicyclic) bond motifs is 1. The molecule has 0 fully saturated rings. The van der Waals surface area contributed by atoms with Crippen molar-refractivity contribution in [2.45, 2.75) is 57.5 Å². The fourth-order valence-corrected chi connectivity index (χ4v) is 3.61. The van der Waals surface area contributed by atoms with Crippen LogP contribution in [0.3, 0.4) is 0 Å². The quantitative estimate of drug-likeness (QED) is 0.868. The van der Waals surface area contributed by atoms with Gasteiger partial charge in [0.2, 0.25) is 0 Å². The Kier molecular flexibility index (Phi) is 4.16. The van der Waals surface area contributed by atoms with E-state index in [1.165, 1.54) is 12.7 Å². The van der Waals surface area contributed by atoms with Gasteiger partial charge in [0.25, 0.3) is 0 Å². The molecule has 2 rings (SSSR count). The normalized spacial score (nSPS) is 23.3. The van der Waals surface area contributed by atoms with Crippen LogP contribution in [0.25, 0.3) is 0 Å². The van der Waals surface area contributed by atoms with Gasteiger partial charge in [0.15, 0.2) is 5.60 Å². The highest BCUT2D eigenvalue weighted by Gasteiger charge is 2.51. The van der Waals surface area contributed by atoms with Gasteiger partial charge in [-0.3, -0.25) is 0 Å². The molecule has 116 valence electrons. The predicted molar refractivity (Wildman–Crippen MR) is 83.2 cm³/mol. The molecule has 2 atom stereocenters. The summed E-state index contributed by atoms with van der Waals surface area (Å²) < 4.78 is 4.91. The predicted octanol–water partition coefficient (Wildman–Crippen LogP) is 3.40. The molecular formula is C18H26O3. The van der Waals surface area contributed by atoms with E-state index in [2.05, 4.69) is 19.9 Å². The van der Waals surface area contributed by atoms with Crippen LogP contribution in [-0.2, 0) is 14.9 Å². The van der Waals surface area contributed by atoms with Gasteiger partial charge in [0, 0.05) is 5.92 Å². The molecule has 0 saturated carbocycles. The molecule has 0 spiro atoms. The zero-order valence-corrected chi connectivity index (χ0v) is 13.6. The first-order valence-corrected chi connectivity index (χ1v) is 7.65. The number of carbonyl (C=O) groups excluding carboxylic acids is 1. The number of methoxy groups -OCH3 is 1. The second-order valence-electron chi connectivity index (χ2n) is 7.03. The average molecular weight is 290 g/mol. The molecule has 0 amide bonds. The molecule has 1 aromatic rings. The van der Waals surface area contributed by atoms with Gasteiger partial charge in [-0.15, -0.1) is 0 Å². The monoisotopic (exact) mass is 290 g/mol. The van der Waals surface area contributed by atoms with Gasteiger partial charge in [0.1, 0.15) is 0 Å². The Hall–Kier alpha value is -1.35. The molecule has 0 saturated heterocycles. The lowest BCUT2D eigenvalue weighted by atomic mass is 9.62. The summed E-state index contributed by atoms with van der Waals surface area (Å²) in [5.74, 6) is -0.949. The standard InChI is InChI=1S/C18H26O3/c1-12(2)18(20,16(19)21-5)15-10-11-17(3,4)14-9-7-6-8-13(14)15/h6-9,12,15,20H,10-11H2,1-5H3. The number of carbonyl (C=O) groups is 1. The van der Waals surface area contributed by atoms with Gasteiger partial charge in [-0.05, 0) is 35.3 Å².